The fourth-order valence-electron chi connectivity index (χ4n) is 1.96. The van der Waals surface area contributed by atoms with Crippen molar-refractivity contribution < 1.29 is 14.3 Å². The van der Waals surface area contributed by atoms with E-state index in [-0.39, 0.29) is 12.2 Å². The first-order valence-corrected chi connectivity index (χ1v) is 7.91. The molecular weight excluding hydrogens is 332 g/mol. The van der Waals surface area contributed by atoms with Crippen molar-refractivity contribution in [3.8, 4) is 6.07 Å². The first-order chi connectivity index (χ1) is 12.5. The first-order valence-electron chi connectivity index (χ1n) is 7.91. The molecule has 0 fully saturated rings. The molecule has 0 bridgehead atoms. The van der Waals surface area contributed by atoms with Crippen LogP contribution in [-0.4, -0.2) is 23.5 Å². The van der Waals surface area contributed by atoms with Crippen LogP contribution in [0.3, 0.4) is 0 Å². The summed E-state index contributed by atoms with van der Waals surface area (Å²) in [5.74, 6) is -0.997. The molecule has 0 spiro atoms. The van der Waals surface area contributed by atoms with Crippen LogP contribution in [0, 0.1) is 18.3 Å². The van der Waals surface area contributed by atoms with Crippen LogP contribution in [0.25, 0.3) is 0 Å². The van der Waals surface area contributed by atoms with E-state index in [1.807, 2.05) is 19.1 Å². The molecule has 0 radical (unpaired) electrons. The van der Waals surface area contributed by atoms with Crippen LogP contribution in [0.4, 0.5) is 11.4 Å². The van der Waals surface area contributed by atoms with E-state index < -0.39 is 11.9 Å². The number of anilines is 2. The summed E-state index contributed by atoms with van der Waals surface area (Å²) in [5, 5.41) is 14.6. The monoisotopic (exact) mass is 350 g/mol. The van der Waals surface area contributed by atoms with Crippen LogP contribution < -0.4 is 10.6 Å². The Balaban J connectivity index is 2.02. The molecule has 2 rings (SSSR count). The summed E-state index contributed by atoms with van der Waals surface area (Å²) >= 11 is 0. The highest BCUT2D eigenvalue weighted by molar-refractivity contribution is 6.06. The van der Waals surface area contributed by atoms with Crippen LogP contribution in [0.5, 0.6) is 0 Å². The predicted molar refractivity (Wildman–Crippen MR) is 97.3 cm³/mol. The highest BCUT2D eigenvalue weighted by atomic mass is 16.5. The van der Waals surface area contributed by atoms with Crippen molar-refractivity contribution in [2.24, 2.45) is 0 Å². The number of nitriles is 1. The van der Waals surface area contributed by atoms with E-state index in [9.17, 15) is 14.9 Å². The second kappa shape index (κ2) is 8.99. The minimum atomic E-state index is -0.566. The standard InChI is InChI=1S/C19H18N4O3/c1-3-26-19(25)14-5-8-16(9-6-14)23-18(24)15(10-20)11-22-17-7-4-13(2)21-12-17/h4-9,11-12,22H,3H2,1-2H3,(H,23,24)/b15-11-. The molecule has 0 saturated carbocycles. The van der Waals surface area contributed by atoms with E-state index in [1.165, 1.54) is 6.20 Å². The van der Waals surface area contributed by atoms with Gasteiger partial charge in [0.15, 0.2) is 0 Å². The minimum Gasteiger partial charge on any atom is -0.462 e. The van der Waals surface area contributed by atoms with Gasteiger partial charge in [0.2, 0.25) is 0 Å². The number of carbonyl (C=O) groups excluding carboxylic acids is 2. The van der Waals surface area contributed by atoms with Crippen LogP contribution in [0.1, 0.15) is 23.0 Å². The van der Waals surface area contributed by atoms with Gasteiger partial charge in [0, 0.05) is 17.6 Å². The lowest BCUT2D eigenvalue weighted by atomic mass is 10.2. The van der Waals surface area contributed by atoms with Gasteiger partial charge in [-0.05, 0) is 50.2 Å². The predicted octanol–water partition coefficient (Wildman–Crippen LogP) is 3.02. The van der Waals surface area contributed by atoms with Crippen LogP contribution in [0.2, 0.25) is 0 Å². The molecule has 0 aliphatic carbocycles. The minimum absolute atomic E-state index is 0.0972. The number of pyridine rings is 1. The third-order valence-electron chi connectivity index (χ3n) is 3.31. The molecule has 1 aromatic heterocycles. The highest BCUT2D eigenvalue weighted by Crippen LogP contribution is 2.12. The maximum atomic E-state index is 12.2. The van der Waals surface area contributed by atoms with Gasteiger partial charge in [0.25, 0.3) is 5.91 Å². The maximum absolute atomic E-state index is 12.2. The summed E-state index contributed by atoms with van der Waals surface area (Å²) < 4.78 is 4.89. The Kier molecular flexibility index (Phi) is 6.46. The van der Waals surface area contributed by atoms with Crippen molar-refractivity contribution in [1.29, 1.82) is 5.26 Å². The maximum Gasteiger partial charge on any atom is 0.338 e. The Morgan fingerprint density at radius 2 is 1.88 bits per heavy atom. The molecule has 2 N–H and O–H groups in total. The van der Waals surface area contributed by atoms with Gasteiger partial charge in [-0.1, -0.05) is 0 Å². The van der Waals surface area contributed by atoms with E-state index in [2.05, 4.69) is 15.6 Å². The summed E-state index contributed by atoms with van der Waals surface area (Å²) in [6.07, 6.45) is 2.92. The lowest BCUT2D eigenvalue weighted by Gasteiger charge is -2.06. The molecule has 7 nitrogen and oxygen atoms in total. The van der Waals surface area contributed by atoms with Crippen LogP contribution in [0.15, 0.2) is 54.4 Å². The van der Waals surface area contributed by atoms with Crippen molar-refractivity contribution in [3.05, 3.63) is 65.6 Å². The number of amides is 1. The Morgan fingerprint density at radius 3 is 2.46 bits per heavy atom. The van der Waals surface area contributed by atoms with Gasteiger partial charge in [0.1, 0.15) is 11.6 Å². The third-order valence-corrected chi connectivity index (χ3v) is 3.31. The number of ether oxygens (including phenoxy) is 1. The topological polar surface area (TPSA) is 104 Å². The van der Waals surface area contributed by atoms with E-state index in [1.54, 1.807) is 43.5 Å². The second-order valence-corrected chi connectivity index (χ2v) is 5.25. The smallest absolute Gasteiger partial charge is 0.338 e. The average Bonchev–Trinajstić information content (AvgIpc) is 2.64. The Bertz CT molecular complexity index is 850. The summed E-state index contributed by atoms with van der Waals surface area (Å²) in [4.78, 5) is 27.9. The number of carbonyl (C=O) groups is 2. The first kappa shape index (κ1) is 18.7. The van der Waals surface area contributed by atoms with Gasteiger partial charge in [-0.2, -0.15) is 5.26 Å². The Hall–Kier alpha value is -3.66. The van der Waals surface area contributed by atoms with E-state index >= 15 is 0 Å². The molecular formula is C19H18N4O3. The molecule has 132 valence electrons. The molecule has 26 heavy (non-hydrogen) atoms. The van der Waals surface area contributed by atoms with Gasteiger partial charge < -0.3 is 15.4 Å². The van der Waals surface area contributed by atoms with E-state index in [0.29, 0.717) is 16.9 Å². The highest BCUT2D eigenvalue weighted by Gasteiger charge is 2.11. The van der Waals surface area contributed by atoms with Gasteiger partial charge in [-0.25, -0.2) is 4.79 Å². The molecule has 7 heteroatoms. The SMILES string of the molecule is CCOC(=O)c1ccc(NC(=O)/C(C#N)=C\Nc2ccc(C)nc2)cc1. The summed E-state index contributed by atoms with van der Waals surface area (Å²) in [7, 11) is 0. The fraction of sp³-hybridized carbons (Fsp3) is 0.158. The molecule has 2 aromatic rings. The number of aryl methyl sites for hydroxylation is 1. The Labute approximate surface area is 151 Å². The van der Waals surface area contributed by atoms with Crippen LogP contribution >= 0.6 is 0 Å². The van der Waals surface area contributed by atoms with Crippen molar-refractivity contribution in [2.45, 2.75) is 13.8 Å². The second-order valence-electron chi connectivity index (χ2n) is 5.25. The molecule has 0 unspecified atom stereocenters. The van der Waals surface area contributed by atoms with Crippen molar-refractivity contribution in [3.63, 3.8) is 0 Å². The molecule has 1 aromatic carbocycles. The molecule has 0 atom stereocenters. The van der Waals surface area contributed by atoms with Crippen molar-refractivity contribution in [1.82, 2.24) is 4.98 Å². The van der Waals surface area contributed by atoms with Gasteiger partial charge in [-0.3, -0.25) is 9.78 Å². The average molecular weight is 350 g/mol. The third kappa shape index (κ3) is 5.18. The summed E-state index contributed by atoms with van der Waals surface area (Å²) in [6, 6.07) is 11.7. The number of esters is 1. The van der Waals surface area contributed by atoms with E-state index in [0.717, 1.165) is 5.69 Å². The zero-order valence-electron chi connectivity index (χ0n) is 14.4. The van der Waals surface area contributed by atoms with Crippen molar-refractivity contribution >= 4 is 23.3 Å². The lowest BCUT2D eigenvalue weighted by Crippen LogP contribution is -2.14. The summed E-state index contributed by atoms with van der Waals surface area (Å²) in [5.41, 5.74) is 2.27. The zero-order valence-corrected chi connectivity index (χ0v) is 14.4. The van der Waals surface area contributed by atoms with Crippen molar-refractivity contribution in [2.75, 3.05) is 17.2 Å². The van der Waals surface area contributed by atoms with Gasteiger partial charge >= 0.3 is 5.97 Å². The fourth-order valence-corrected chi connectivity index (χ4v) is 1.96. The normalized spacial score (nSPS) is 10.6. The number of nitrogens with one attached hydrogen (secondary N) is 2. The molecule has 0 aliphatic heterocycles. The number of nitrogens with zero attached hydrogens (tertiary/aromatic N) is 2. The Morgan fingerprint density at radius 1 is 1.19 bits per heavy atom. The summed E-state index contributed by atoms with van der Waals surface area (Å²) in [6.45, 7) is 3.88. The number of aromatic nitrogens is 1. The van der Waals surface area contributed by atoms with Crippen LogP contribution in [-0.2, 0) is 9.53 Å². The quantitative estimate of drug-likeness (QED) is 0.471. The molecule has 0 aliphatic rings. The molecule has 1 amide bonds. The largest absolute Gasteiger partial charge is 0.462 e. The number of rotatable bonds is 6. The van der Waals surface area contributed by atoms with Gasteiger partial charge in [0.05, 0.1) is 24.1 Å². The number of benzene rings is 1. The molecule has 1 heterocycles. The van der Waals surface area contributed by atoms with E-state index in [4.69, 9.17) is 4.74 Å². The molecule has 0 saturated heterocycles. The van der Waals surface area contributed by atoms with Gasteiger partial charge in [-0.15, -0.1) is 0 Å². The number of hydrogen-bond donors (Lipinski definition) is 2. The lowest BCUT2D eigenvalue weighted by molar-refractivity contribution is -0.112. The number of hydrogen-bond acceptors (Lipinski definition) is 6. The zero-order chi connectivity index (χ0) is 18.9.